The lowest BCUT2D eigenvalue weighted by Crippen LogP contribution is -2.41. The van der Waals surface area contributed by atoms with Gasteiger partial charge in [-0.2, -0.15) is 0 Å². The molecule has 0 aliphatic rings. The largest absolute Gasteiger partial charge is 0.478 e. The molecule has 5 rings (SSSR count). The van der Waals surface area contributed by atoms with E-state index in [1.165, 1.54) is 0 Å². The number of urea groups is 1. The van der Waals surface area contributed by atoms with Crippen LogP contribution in [-0.2, 0) is 24.3 Å². The van der Waals surface area contributed by atoms with Crippen LogP contribution in [0.4, 0.5) is 10.5 Å². The fourth-order valence-electron chi connectivity index (χ4n) is 5.37. The number of unbranched alkanes of at least 4 members (excludes halogenated alkanes) is 1. The number of hydrogen-bond acceptors (Lipinski definition) is 5. The van der Waals surface area contributed by atoms with Crippen LogP contribution in [0.3, 0.4) is 0 Å². The van der Waals surface area contributed by atoms with E-state index in [1.807, 2.05) is 67.6 Å². The molecule has 0 fully saturated rings. The molecule has 0 radical (unpaired) electrons. The van der Waals surface area contributed by atoms with Crippen molar-refractivity contribution in [2.45, 2.75) is 52.3 Å². The molecule has 9 heteroatoms. The Morgan fingerprint density at radius 3 is 2.21 bits per heavy atom. The van der Waals surface area contributed by atoms with Crippen molar-refractivity contribution >= 4 is 28.6 Å². The van der Waals surface area contributed by atoms with Gasteiger partial charge in [-0.1, -0.05) is 86.1 Å². The molecule has 47 heavy (non-hydrogen) atoms. The van der Waals surface area contributed by atoms with Gasteiger partial charge in [-0.3, -0.25) is 14.3 Å². The molecule has 1 unspecified atom stereocenters. The fourth-order valence-corrected chi connectivity index (χ4v) is 5.37. The number of nitrogens with zero attached hydrogens (tertiary/aromatic N) is 4. The first kappa shape index (κ1) is 32.9. The van der Waals surface area contributed by atoms with Gasteiger partial charge in [0.1, 0.15) is 11.6 Å². The van der Waals surface area contributed by atoms with Gasteiger partial charge in [0.15, 0.2) is 0 Å². The van der Waals surface area contributed by atoms with Crippen molar-refractivity contribution in [3.05, 3.63) is 136 Å². The number of carbonyl (C=O) groups is 2. The maximum absolute atomic E-state index is 14.2. The van der Waals surface area contributed by atoms with Gasteiger partial charge in [0.25, 0.3) is 5.56 Å². The van der Waals surface area contributed by atoms with Crippen LogP contribution < -0.4 is 15.2 Å². The summed E-state index contributed by atoms with van der Waals surface area (Å²) >= 11 is 0. The number of carboxylic acid groups (broad SMARTS) is 1. The summed E-state index contributed by atoms with van der Waals surface area (Å²) in [5.41, 5.74) is 3.37. The summed E-state index contributed by atoms with van der Waals surface area (Å²) in [4.78, 5) is 47.9. The highest BCUT2D eigenvalue weighted by Gasteiger charge is 2.23. The van der Waals surface area contributed by atoms with Gasteiger partial charge in [0.2, 0.25) is 6.10 Å². The van der Waals surface area contributed by atoms with Crippen LogP contribution in [0.25, 0.3) is 10.9 Å². The van der Waals surface area contributed by atoms with Crippen molar-refractivity contribution in [1.82, 2.24) is 14.5 Å². The van der Waals surface area contributed by atoms with Crippen LogP contribution in [0.5, 0.6) is 5.75 Å². The lowest BCUT2D eigenvalue weighted by molar-refractivity contribution is -0.145. The summed E-state index contributed by atoms with van der Waals surface area (Å²) in [6.45, 7) is 5.19. The SMILES string of the molecule is CCCCc1nc2ccc(N(Cc3ccccc3)C(=O)N(C)CC)cc2c(=O)n1Cc1ccc(OC(C(=O)O)c2ccccc2)cc1. The molecule has 0 aliphatic carbocycles. The Labute approximate surface area is 274 Å². The number of carbonyl (C=O) groups excluding carboxylic acids is 1. The van der Waals surface area contributed by atoms with Crippen LogP contribution in [0.15, 0.2) is 108 Å². The monoisotopic (exact) mass is 632 g/mol. The zero-order valence-electron chi connectivity index (χ0n) is 27.0. The number of fused-ring (bicyclic) bond motifs is 1. The zero-order chi connectivity index (χ0) is 33.3. The van der Waals surface area contributed by atoms with Crippen LogP contribution in [0.1, 0.15) is 55.3 Å². The van der Waals surface area contributed by atoms with Crippen molar-refractivity contribution in [3.63, 3.8) is 0 Å². The molecule has 2 amide bonds. The number of anilines is 1. The Morgan fingerprint density at radius 1 is 0.894 bits per heavy atom. The number of carboxylic acids is 1. The molecule has 0 bridgehead atoms. The molecule has 242 valence electrons. The van der Waals surface area contributed by atoms with Gasteiger partial charge >= 0.3 is 12.0 Å². The lowest BCUT2D eigenvalue weighted by Gasteiger charge is -2.28. The molecule has 1 heterocycles. The topological polar surface area (TPSA) is 105 Å². The molecule has 4 aromatic carbocycles. The number of ether oxygens (including phenoxy) is 1. The molecule has 9 nitrogen and oxygen atoms in total. The normalized spacial score (nSPS) is 11.6. The lowest BCUT2D eigenvalue weighted by atomic mass is 10.1. The third-order valence-electron chi connectivity index (χ3n) is 8.14. The van der Waals surface area contributed by atoms with Crippen LogP contribution in [0, 0.1) is 0 Å². The summed E-state index contributed by atoms with van der Waals surface area (Å²) in [7, 11) is 1.76. The van der Waals surface area contributed by atoms with Crippen molar-refractivity contribution in [1.29, 1.82) is 0 Å². The Hall–Kier alpha value is -5.44. The van der Waals surface area contributed by atoms with E-state index in [4.69, 9.17) is 9.72 Å². The number of amides is 2. The molecule has 1 N–H and O–H groups in total. The van der Waals surface area contributed by atoms with Crippen molar-refractivity contribution in [3.8, 4) is 5.75 Å². The van der Waals surface area contributed by atoms with E-state index in [0.29, 0.717) is 53.2 Å². The smallest absolute Gasteiger partial charge is 0.349 e. The second kappa shape index (κ2) is 15.2. The molecular formula is C38H40N4O5. The Morgan fingerprint density at radius 2 is 1.57 bits per heavy atom. The predicted octanol–water partition coefficient (Wildman–Crippen LogP) is 7.07. The van der Waals surface area contributed by atoms with E-state index >= 15 is 0 Å². The van der Waals surface area contributed by atoms with Gasteiger partial charge in [-0.25, -0.2) is 14.6 Å². The maximum atomic E-state index is 14.2. The second-order valence-corrected chi connectivity index (χ2v) is 11.5. The highest BCUT2D eigenvalue weighted by Crippen LogP contribution is 2.25. The zero-order valence-corrected chi connectivity index (χ0v) is 27.0. The maximum Gasteiger partial charge on any atom is 0.349 e. The van der Waals surface area contributed by atoms with Gasteiger partial charge in [-0.15, -0.1) is 0 Å². The van der Waals surface area contributed by atoms with Gasteiger partial charge in [0, 0.05) is 31.3 Å². The van der Waals surface area contributed by atoms with Gasteiger partial charge in [0.05, 0.1) is 24.0 Å². The summed E-state index contributed by atoms with van der Waals surface area (Å²) in [6, 6.07) is 30.9. The summed E-state index contributed by atoms with van der Waals surface area (Å²) in [6.07, 6.45) is 1.32. The molecule has 5 aromatic rings. The quantitative estimate of drug-likeness (QED) is 0.149. The van der Waals surface area contributed by atoms with Crippen LogP contribution in [-0.4, -0.2) is 45.2 Å². The standard InChI is InChI=1S/C38H40N4O5/c1-4-6-17-34-39-33-23-20-30(41(38(46)40(3)5-2)25-27-13-9-7-10-14-27)24-32(33)36(43)42(34)26-28-18-21-31(22-19-28)47-35(37(44)45)29-15-11-8-12-16-29/h7-16,18-24,35H,4-6,17,25-26H2,1-3H3,(H,44,45). The molecule has 0 saturated heterocycles. The van der Waals surface area contributed by atoms with E-state index in [0.717, 1.165) is 24.0 Å². The van der Waals surface area contributed by atoms with Crippen molar-refractivity contribution in [2.75, 3.05) is 18.5 Å². The summed E-state index contributed by atoms with van der Waals surface area (Å²) < 4.78 is 7.53. The van der Waals surface area contributed by atoms with Crippen molar-refractivity contribution < 1.29 is 19.4 Å². The highest BCUT2D eigenvalue weighted by molar-refractivity contribution is 5.94. The Bertz CT molecular complexity index is 1870. The number of hydrogen-bond donors (Lipinski definition) is 1. The number of rotatable bonds is 13. The van der Waals surface area contributed by atoms with E-state index in [-0.39, 0.29) is 18.1 Å². The van der Waals surface area contributed by atoms with Gasteiger partial charge in [-0.05, 0) is 54.8 Å². The van der Waals surface area contributed by atoms with Crippen LogP contribution in [0.2, 0.25) is 0 Å². The average Bonchev–Trinajstić information content (AvgIpc) is 3.10. The summed E-state index contributed by atoms with van der Waals surface area (Å²) in [5.74, 6) is 0.0137. The van der Waals surface area contributed by atoms with Gasteiger partial charge < -0.3 is 14.7 Å². The second-order valence-electron chi connectivity index (χ2n) is 11.5. The molecule has 0 saturated carbocycles. The minimum absolute atomic E-state index is 0.164. The van der Waals surface area contributed by atoms with E-state index < -0.39 is 12.1 Å². The number of aliphatic carboxylic acids is 1. The van der Waals surface area contributed by atoms with E-state index in [2.05, 4.69) is 6.92 Å². The Kier molecular flexibility index (Phi) is 10.7. The first-order valence-corrected chi connectivity index (χ1v) is 15.9. The third-order valence-corrected chi connectivity index (χ3v) is 8.14. The minimum atomic E-state index is -1.14. The molecule has 0 spiro atoms. The molecule has 1 atom stereocenters. The fraction of sp³-hybridized carbons (Fsp3) is 0.263. The summed E-state index contributed by atoms with van der Waals surface area (Å²) in [5, 5.41) is 10.2. The predicted molar refractivity (Wildman–Crippen MR) is 184 cm³/mol. The first-order chi connectivity index (χ1) is 22.8. The third kappa shape index (κ3) is 7.87. The van der Waals surface area contributed by atoms with Crippen molar-refractivity contribution in [2.24, 2.45) is 0 Å². The number of aromatic nitrogens is 2. The van der Waals surface area contributed by atoms with E-state index in [1.54, 1.807) is 63.9 Å². The minimum Gasteiger partial charge on any atom is -0.478 e. The van der Waals surface area contributed by atoms with E-state index in [9.17, 15) is 19.5 Å². The molecule has 0 aliphatic heterocycles. The number of benzene rings is 4. The first-order valence-electron chi connectivity index (χ1n) is 15.9. The Balaban J connectivity index is 1.48. The van der Waals surface area contributed by atoms with Crippen LogP contribution >= 0.6 is 0 Å². The highest BCUT2D eigenvalue weighted by atomic mass is 16.5. The average molecular weight is 633 g/mol. The molecular weight excluding hydrogens is 592 g/mol. The molecule has 1 aromatic heterocycles. The number of aryl methyl sites for hydroxylation is 1.